The first-order valence-corrected chi connectivity index (χ1v) is 11.8. The van der Waals surface area contributed by atoms with Gasteiger partial charge < -0.3 is 0 Å². The predicted molar refractivity (Wildman–Crippen MR) is 104 cm³/mol. The number of benzene rings is 3. The van der Waals surface area contributed by atoms with Crippen molar-refractivity contribution in [2.45, 2.75) is 0 Å². The van der Waals surface area contributed by atoms with E-state index < -0.39 is 12.2 Å². The number of halogens is 1. The Morgan fingerprint density at radius 3 is 1.69 bits per heavy atom. The molecule has 0 aliphatic heterocycles. The van der Waals surface area contributed by atoms with Crippen LogP contribution in [0.3, 0.4) is 0 Å². The van der Waals surface area contributed by atoms with Crippen LogP contribution in [-0.2, 0) is 4.52 Å². The van der Waals surface area contributed by atoms with E-state index in [1.54, 1.807) is 48.5 Å². The first-order valence-electron chi connectivity index (χ1n) is 7.63. The van der Waals surface area contributed by atoms with Crippen molar-refractivity contribution in [1.82, 2.24) is 0 Å². The third-order valence-electron chi connectivity index (χ3n) is 3.20. The van der Waals surface area contributed by atoms with Crippen molar-refractivity contribution in [2.24, 2.45) is 0 Å². The molecule has 0 radical (unpaired) electrons. The molecule has 3 aromatic carbocycles. The van der Waals surface area contributed by atoms with Gasteiger partial charge in [0.2, 0.25) is 0 Å². The van der Waals surface area contributed by atoms with Gasteiger partial charge in [-0.1, -0.05) is 0 Å². The first kappa shape index (κ1) is 18.8. The number of hydrogen-bond donors (Lipinski definition) is 0. The molecule has 0 aromatic heterocycles. The van der Waals surface area contributed by atoms with Gasteiger partial charge in [0.05, 0.1) is 0 Å². The van der Waals surface area contributed by atoms with Crippen molar-refractivity contribution in [3.63, 3.8) is 0 Å². The van der Waals surface area contributed by atoms with Crippen molar-refractivity contribution in [1.29, 1.82) is 0 Å². The van der Waals surface area contributed by atoms with Crippen LogP contribution in [0.1, 0.15) is 10.4 Å². The summed E-state index contributed by atoms with van der Waals surface area (Å²) < 4.78 is 17.4. The molecule has 0 amide bonds. The standard InChI is InChI=1S/C19H14ClO4PSe/c20-16-13-11-15(12-14-16)19(21)24-25(26,22-17-7-3-1-4-8-17)23-18-9-5-2-6-10-18/h1-14H. The zero-order valence-electron chi connectivity index (χ0n) is 13.4. The quantitative estimate of drug-likeness (QED) is 0.367. The van der Waals surface area contributed by atoms with Crippen LogP contribution in [0.15, 0.2) is 84.9 Å². The summed E-state index contributed by atoms with van der Waals surface area (Å²) in [6.45, 7) is 0. The molecule has 3 aromatic rings. The Bertz CT molecular complexity index is 872. The van der Waals surface area contributed by atoms with Crippen LogP contribution < -0.4 is 9.05 Å². The molecule has 0 aliphatic carbocycles. The summed E-state index contributed by atoms with van der Waals surface area (Å²) in [6, 6.07) is 24.5. The predicted octanol–water partition coefficient (Wildman–Crippen LogP) is 5.50. The Kier molecular flexibility index (Phi) is 6.18. The average molecular weight is 452 g/mol. The normalized spacial score (nSPS) is 10.8. The first-order chi connectivity index (χ1) is 12.5. The topological polar surface area (TPSA) is 44.8 Å². The zero-order valence-corrected chi connectivity index (χ0v) is 16.8. The summed E-state index contributed by atoms with van der Waals surface area (Å²) in [5.74, 6) is 0.486. The molecule has 0 atom stereocenters. The minimum atomic E-state index is -3.15. The van der Waals surface area contributed by atoms with Gasteiger partial charge in [-0.05, 0) is 0 Å². The van der Waals surface area contributed by atoms with E-state index in [9.17, 15) is 4.79 Å². The molecule has 0 unspecified atom stereocenters. The van der Waals surface area contributed by atoms with Crippen LogP contribution in [0, 0.1) is 0 Å². The number of carbonyl (C=O) groups is 1. The van der Waals surface area contributed by atoms with Crippen LogP contribution in [0.25, 0.3) is 0 Å². The molecule has 0 aliphatic rings. The Labute approximate surface area is 164 Å². The number of carbonyl (C=O) groups excluding carboxylic acids is 1. The van der Waals surface area contributed by atoms with E-state index in [1.165, 1.54) is 0 Å². The van der Waals surface area contributed by atoms with Crippen molar-refractivity contribution < 1.29 is 18.4 Å². The summed E-state index contributed by atoms with van der Waals surface area (Å²) in [6.07, 6.45) is -3.15. The fourth-order valence-corrected chi connectivity index (χ4v) is 4.83. The fourth-order valence-electron chi connectivity index (χ4n) is 2.02. The van der Waals surface area contributed by atoms with E-state index in [4.69, 9.17) is 25.2 Å². The third kappa shape index (κ3) is 5.23. The molecule has 0 saturated carbocycles. The van der Waals surface area contributed by atoms with Gasteiger partial charge in [-0.25, -0.2) is 0 Å². The van der Waals surface area contributed by atoms with Gasteiger partial charge in [-0.3, -0.25) is 0 Å². The Morgan fingerprint density at radius 2 is 1.23 bits per heavy atom. The summed E-state index contributed by atoms with van der Waals surface area (Å²) >= 11 is 8.66. The van der Waals surface area contributed by atoms with Gasteiger partial charge in [-0.15, -0.1) is 0 Å². The minimum absolute atomic E-state index is 0.349. The summed E-state index contributed by atoms with van der Waals surface area (Å²) in [5, 5.41) is 0.534. The van der Waals surface area contributed by atoms with Gasteiger partial charge in [0.25, 0.3) is 0 Å². The van der Waals surface area contributed by atoms with Gasteiger partial charge >= 0.3 is 164 Å². The molecule has 0 heterocycles. The molecule has 3 rings (SSSR count). The second kappa shape index (κ2) is 8.57. The summed E-state index contributed by atoms with van der Waals surface area (Å²) in [4.78, 5) is 12.5. The second-order valence-corrected chi connectivity index (χ2v) is 9.83. The second-order valence-electron chi connectivity index (χ2n) is 5.14. The Balaban J connectivity index is 1.85. The molecular weight excluding hydrogens is 438 g/mol. The third-order valence-corrected chi connectivity index (χ3v) is 6.11. The Hall–Kier alpha value is -2.03. The van der Waals surface area contributed by atoms with Crippen LogP contribution in [0.2, 0.25) is 5.02 Å². The maximum absolute atomic E-state index is 12.5. The molecule has 7 heteroatoms. The van der Waals surface area contributed by atoms with E-state index >= 15 is 0 Å². The van der Waals surface area contributed by atoms with E-state index in [-0.39, 0.29) is 0 Å². The monoisotopic (exact) mass is 452 g/mol. The molecule has 0 N–H and O–H groups in total. The molecule has 26 heavy (non-hydrogen) atoms. The molecular formula is C19H14ClO4PSe. The number of rotatable bonds is 6. The van der Waals surface area contributed by atoms with Crippen molar-refractivity contribution in [3.8, 4) is 11.5 Å². The van der Waals surface area contributed by atoms with Crippen molar-refractivity contribution >= 4 is 38.9 Å². The van der Waals surface area contributed by atoms with E-state index in [0.29, 0.717) is 22.1 Å². The SMILES string of the molecule is O=C(OP(=[Se])(Oc1ccccc1)Oc1ccccc1)c1ccc(Cl)cc1. The van der Waals surface area contributed by atoms with Gasteiger partial charge in [0, 0.05) is 0 Å². The summed E-state index contributed by atoms with van der Waals surface area (Å²) in [7, 11) is 0. The number of para-hydroxylation sites is 2. The zero-order chi connectivity index (χ0) is 18.4. The molecule has 0 spiro atoms. The summed E-state index contributed by atoms with van der Waals surface area (Å²) in [5.41, 5.74) is 0.349. The number of hydrogen-bond acceptors (Lipinski definition) is 4. The van der Waals surface area contributed by atoms with Gasteiger partial charge in [0.1, 0.15) is 0 Å². The average Bonchev–Trinajstić information content (AvgIpc) is 2.63. The van der Waals surface area contributed by atoms with Gasteiger partial charge in [-0.2, -0.15) is 0 Å². The van der Waals surface area contributed by atoms with Crippen LogP contribution in [0.4, 0.5) is 0 Å². The maximum atomic E-state index is 12.5. The Morgan fingerprint density at radius 1 is 0.769 bits per heavy atom. The van der Waals surface area contributed by atoms with Gasteiger partial charge in [0.15, 0.2) is 0 Å². The van der Waals surface area contributed by atoms with E-state index in [1.807, 2.05) is 36.4 Å². The molecule has 0 saturated heterocycles. The molecule has 4 nitrogen and oxygen atoms in total. The van der Waals surface area contributed by atoms with Crippen LogP contribution >= 0.6 is 17.8 Å². The molecule has 132 valence electrons. The van der Waals surface area contributed by atoms with Crippen LogP contribution in [0.5, 0.6) is 11.5 Å². The fraction of sp³-hybridized carbons (Fsp3) is 0. The van der Waals surface area contributed by atoms with Crippen molar-refractivity contribution in [3.05, 3.63) is 95.5 Å². The van der Waals surface area contributed by atoms with E-state index in [0.717, 1.165) is 0 Å². The molecule has 0 bridgehead atoms. The van der Waals surface area contributed by atoms with Crippen molar-refractivity contribution in [2.75, 3.05) is 0 Å². The van der Waals surface area contributed by atoms with Crippen LogP contribution in [-0.4, -0.2) is 21.1 Å². The molecule has 0 fully saturated rings. The van der Waals surface area contributed by atoms with E-state index in [2.05, 4.69) is 15.1 Å².